The Morgan fingerprint density at radius 1 is 1.36 bits per heavy atom. The number of nitrogens with two attached hydrogens (primary N) is 1. The average molecular weight is 342 g/mol. The number of fused-ring (bicyclic) bond motifs is 3. The quantitative estimate of drug-likeness (QED) is 0.766. The Morgan fingerprint density at radius 3 is 3.00 bits per heavy atom. The topological polar surface area (TPSA) is 84.4 Å². The molecule has 7 heteroatoms. The van der Waals surface area contributed by atoms with Gasteiger partial charge in [0, 0.05) is 20.1 Å². The summed E-state index contributed by atoms with van der Waals surface area (Å²) in [5.74, 6) is 2.02. The Hall–Kier alpha value is -2.38. The standard InChI is InChI=1S/C18H22N4O3/c1-3-23-10-14-21-16-17(22(14)2)15-12(20-18(16)19)5-4-6-13(15)25-11-7-8-24-9-11/h4-6,11H,3,7-10H2,1-2H3,(H2,19,20). The van der Waals surface area contributed by atoms with E-state index in [4.69, 9.17) is 19.9 Å². The number of benzene rings is 1. The number of rotatable bonds is 5. The van der Waals surface area contributed by atoms with Crippen molar-refractivity contribution in [1.82, 2.24) is 14.5 Å². The highest BCUT2D eigenvalue weighted by Gasteiger charge is 2.22. The molecule has 132 valence electrons. The molecule has 1 saturated heterocycles. The minimum absolute atomic E-state index is 0.0642. The fraction of sp³-hybridized carbons (Fsp3) is 0.444. The SMILES string of the molecule is CCOCc1nc2c(N)nc3cccc(OC4CCOC4)c3c2n1C. The molecule has 2 aromatic heterocycles. The molecule has 0 aliphatic carbocycles. The number of hydrogen-bond donors (Lipinski definition) is 1. The maximum atomic E-state index is 6.20. The molecule has 2 N–H and O–H groups in total. The van der Waals surface area contributed by atoms with E-state index in [2.05, 4.69) is 9.97 Å². The fourth-order valence-corrected chi connectivity index (χ4v) is 3.25. The first-order valence-electron chi connectivity index (χ1n) is 8.54. The van der Waals surface area contributed by atoms with Crippen molar-refractivity contribution in [1.29, 1.82) is 0 Å². The molecule has 0 saturated carbocycles. The number of aryl methyl sites for hydroxylation is 1. The lowest BCUT2D eigenvalue weighted by Crippen LogP contribution is -2.16. The summed E-state index contributed by atoms with van der Waals surface area (Å²) in [7, 11) is 1.97. The number of aromatic nitrogens is 3. The first-order chi connectivity index (χ1) is 12.2. The van der Waals surface area contributed by atoms with E-state index in [-0.39, 0.29) is 6.10 Å². The van der Waals surface area contributed by atoms with Crippen LogP contribution >= 0.6 is 0 Å². The second-order valence-electron chi connectivity index (χ2n) is 6.17. The van der Waals surface area contributed by atoms with Crippen molar-refractivity contribution in [2.24, 2.45) is 7.05 Å². The van der Waals surface area contributed by atoms with Crippen LogP contribution in [0.25, 0.3) is 21.9 Å². The Labute approximate surface area is 145 Å². The number of nitrogens with zero attached hydrogens (tertiary/aromatic N) is 3. The zero-order valence-corrected chi connectivity index (χ0v) is 14.5. The Balaban J connectivity index is 1.91. The minimum atomic E-state index is 0.0642. The lowest BCUT2D eigenvalue weighted by atomic mass is 10.1. The summed E-state index contributed by atoms with van der Waals surface area (Å²) in [6, 6.07) is 5.84. The number of anilines is 1. The molecule has 25 heavy (non-hydrogen) atoms. The molecule has 0 bridgehead atoms. The van der Waals surface area contributed by atoms with Crippen molar-refractivity contribution < 1.29 is 14.2 Å². The molecule has 1 aliphatic heterocycles. The van der Waals surface area contributed by atoms with Gasteiger partial charge in [0.05, 0.1) is 29.6 Å². The van der Waals surface area contributed by atoms with E-state index in [0.29, 0.717) is 31.2 Å². The van der Waals surface area contributed by atoms with Crippen LogP contribution in [0, 0.1) is 0 Å². The van der Waals surface area contributed by atoms with Crippen LogP contribution in [-0.4, -0.2) is 40.5 Å². The number of pyridine rings is 1. The van der Waals surface area contributed by atoms with Gasteiger partial charge in [0.1, 0.15) is 29.8 Å². The van der Waals surface area contributed by atoms with Crippen molar-refractivity contribution in [3.63, 3.8) is 0 Å². The normalized spacial score (nSPS) is 17.6. The van der Waals surface area contributed by atoms with Crippen LogP contribution in [0.15, 0.2) is 18.2 Å². The zero-order valence-electron chi connectivity index (χ0n) is 14.5. The van der Waals surface area contributed by atoms with Crippen molar-refractivity contribution in [2.45, 2.75) is 26.1 Å². The molecule has 7 nitrogen and oxygen atoms in total. The van der Waals surface area contributed by atoms with Gasteiger partial charge in [0.15, 0.2) is 5.82 Å². The summed E-state index contributed by atoms with van der Waals surface area (Å²) in [6.07, 6.45) is 0.956. The number of imidazole rings is 1. The van der Waals surface area contributed by atoms with Gasteiger partial charge < -0.3 is 24.5 Å². The highest BCUT2D eigenvalue weighted by Crippen LogP contribution is 2.35. The van der Waals surface area contributed by atoms with Crippen molar-refractivity contribution >= 4 is 27.8 Å². The molecule has 0 radical (unpaired) electrons. The number of ether oxygens (including phenoxy) is 3. The molecule has 0 amide bonds. The van der Waals surface area contributed by atoms with Crippen LogP contribution in [0.1, 0.15) is 19.2 Å². The fourth-order valence-electron chi connectivity index (χ4n) is 3.25. The maximum Gasteiger partial charge on any atom is 0.152 e. The van der Waals surface area contributed by atoms with Crippen LogP contribution in [-0.2, 0) is 23.1 Å². The third-order valence-corrected chi connectivity index (χ3v) is 4.53. The first-order valence-corrected chi connectivity index (χ1v) is 8.54. The van der Waals surface area contributed by atoms with E-state index >= 15 is 0 Å². The Kier molecular flexibility index (Phi) is 4.19. The smallest absolute Gasteiger partial charge is 0.152 e. The summed E-state index contributed by atoms with van der Waals surface area (Å²) in [6.45, 7) is 4.38. The molecule has 3 aromatic rings. The molecule has 1 aromatic carbocycles. The second kappa shape index (κ2) is 6.50. The maximum absolute atomic E-state index is 6.20. The van der Waals surface area contributed by atoms with Gasteiger partial charge in [-0.2, -0.15) is 0 Å². The second-order valence-corrected chi connectivity index (χ2v) is 6.17. The molecular formula is C18H22N4O3. The monoisotopic (exact) mass is 342 g/mol. The molecule has 1 atom stereocenters. The predicted molar refractivity (Wildman–Crippen MR) is 95.6 cm³/mol. The summed E-state index contributed by atoms with van der Waals surface area (Å²) >= 11 is 0. The highest BCUT2D eigenvalue weighted by atomic mass is 16.5. The van der Waals surface area contributed by atoms with Gasteiger partial charge in [0.25, 0.3) is 0 Å². The molecular weight excluding hydrogens is 320 g/mol. The zero-order chi connectivity index (χ0) is 17.4. The largest absolute Gasteiger partial charge is 0.487 e. The van der Waals surface area contributed by atoms with Crippen molar-refractivity contribution in [3.05, 3.63) is 24.0 Å². The Morgan fingerprint density at radius 2 is 2.24 bits per heavy atom. The van der Waals surface area contributed by atoms with Gasteiger partial charge >= 0.3 is 0 Å². The van der Waals surface area contributed by atoms with Gasteiger partial charge in [-0.1, -0.05) is 6.07 Å². The predicted octanol–water partition coefficient (Wildman–Crippen LogP) is 2.41. The van der Waals surface area contributed by atoms with Gasteiger partial charge in [-0.3, -0.25) is 0 Å². The Bertz CT molecular complexity index is 916. The third kappa shape index (κ3) is 2.79. The van der Waals surface area contributed by atoms with Crippen LogP contribution in [0.5, 0.6) is 5.75 Å². The van der Waals surface area contributed by atoms with Gasteiger partial charge in [-0.15, -0.1) is 0 Å². The number of nitrogen functional groups attached to an aromatic ring is 1. The van der Waals surface area contributed by atoms with Crippen molar-refractivity contribution in [2.75, 3.05) is 25.6 Å². The van der Waals surface area contributed by atoms with Crippen LogP contribution in [0.4, 0.5) is 5.82 Å². The van der Waals surface area contributed by atoms with E-state index < -0.39 is 0 Å². The summed E-state index contributed by atoms with van der Waals surface area (Å²) in [4.78, 5) is 9.17. The molecule has 1 unspecified atom stereocenters. The molecule has 0 spiro atoms. The van der Waals surface area contributed by atoms with Gasteiger partial charge in [-0.25, -0.2) is 9.97 Å². The summed E-state index contributed by atoms with van der Waals surface area (Å²) in [5, 5.41) is 0.927. The van der Waals surface area contributed by atoms with Crippen LogP contribution < -0.4 is 10.5 Å². The van der Waals surface area contributed by atoms with Gasteiger partial charge in [0.2, 0.25) is 0 Å². The third-order valence-electron chi connectivity index (χ3n) is 4.53. The molecule has 3 heterocycles. The van der Waals surface area contributed by atoms with E-state index in [1.54, 1.807) is 0 Å². The molecule has 1 aliphatic rings. The lowest BCUT2D eigenvalue weighted by molar-refractivity contribution is 0.126. The van der Waals surface area contributed by atoms with E-state index in [0.717, 1.165) is 41.0 Å². The highest BCUT2D eigenvalue weighted by molar-refractivity contribution is 6.09. The molecule has 4 rings (SSSR count). The van der Waals surface area contributed by atoms with E-state index in [1.807, 2.05) is 36.7 Å². The average Bonchev–Trinajstić information content (AvgIpc) is 3.22. The van der Waals surface area contributed by atoms with Crippen LogP contribution in [0.2, 0.25) is 0 Å². The first kappa shape index (κ1) is 16.1. The molecule has 1 fully saturated rings. The minimum Gasteiger partial charge on any atom is -0.487 e. The lowest BCUT2D eigenvalue weighted by Gasteiger charge is -2.15. The van der Waals surface area contributed by atoms with E-state index in [1.165, 1.54) is 0 Å². The van der Waals surface area contributed by atoms with Gasteiger partial charge in [-0.05, 0) is 19.1 Å². The summed E-state index contributed by atoms with van der Waals surface area (Å²) in [5.41, 5.74) is 8.56. The van der Waals surface area contributed by atoms with Crippen molar-refractivity contribution in [3.8, 4) is 5.75 Å². The van der Waals surface area contributed by atoms with Crippen LogP contribution in [0.3, 0.4) is 0 Å². The van der Waals surface area contributed by atoms with E-state index in [9.17, 15) is 0 Å². The number of hydrogen-bond acceptors (Lipinski definition) is 6. The summed E-state index contributed by atoms with van der Waals surface area (Å²) < 4.78 is 19.2.